The zero-order valence-corrected chi connectivity index (χ0v) is 33.2. The van der Waals surface area contributed by atoms with Gasteiger partial charge in [0.05, 0.1) is 25.9 Å². The molecule has 2 amide bonds. The monoisotopic (exact) mass is 785 g/mol. The molecular weight excluding hydrogens is 738 g/mol. The molecule has 2 aromatic heterocycles. The number of phenolic OH excluding ortho intramolecular Hbond substituents is 1. The molecule has 0 unspecified atom stereocenters. The van der Waals surface area contributed by atoms with Crippen molar-refractivity contribution in [2.24, 2.45) is 7.05 Å². The van der Waals surface area contributed by atoms with Crippen LogP contribution in [0, 0.1) is 0 Å². The molecule has 1 saturated heterocycles. The number of hydrogen-bond donors (Lipinski definition) is 1. The van der Waals surface area contributed by atoms with Gasteiger partial charge in [0.15, 0.2) is 0 Å². The third-order valence-corrected chi connectivity index (χ3v) is 11.8. The van der Waals surface area contributed by atoms with Crippen LogP contribution in [0.25, 0.3) is 22.2 Å². The van der Waals surface area contributed by atoms with Gasteiger partial charge < -0.3 is 28.6 Å². The van der Waals surface area contributed by atoms with E-state index in [1.165, 1.54) is 11.1 Å². The number of ether oxygens (including phenoxy) is 2. The van der Waals surface area contributed by atoms with Crippen molar-refractivity contribution in [1.82, 2.24) is 18.9 Å². The number of fused-ring (bicyclic) bond motifs is 3. The van der Waals surface area contributed by atoms with Gasteiger partial charge in [0, 0.05) is 96.8 Å². The maximum atomic E-state index is 15.2. The summed E-state index contributed by atoms with van der Waals surface area (Å²) >= 11 is 0. The number of methoxy groups -OCH3 is 1. The molecule has 5 heterocycles. The van der Waals surface area contributed by atoms with Crippen LogP contribution < -0.4 is 9.64 Å². The first-order chi connectivity index (χ1) is 27.4. The lowest BCUT2D eigenvalue weighted by Crippen LogP contribution is -2.52. The minimum absolute atomic E-state index is 0. The molecule has 0 aliphatic carbocycles. The first-order valence-electron chi connectivity index (χ1n) is 19.6. The fourth-order valence-corrected chi connectivity index (χ4v) is 8.87. The number of aryl methyl sites for hydroxylation is 1. The molecule has 57 heavy (non-hydrogen) atoms. The second-order valence-corrected chi connectivity index (χ2v) is 15.2. The van der Waals surface area contributed by atoms with Crippen LogP contribution in [0.5, 0.6) is 11.5 Å². The molecule has 9 rings (SSSR count). The number of benzene rings is 4. The van der Waals surface area contributed by atoms with Gasteiger partial charge in [0.25, 0.3) is 11.8 Å². The van der Waals surface area contributed by atoms with Gasteiger partial charge in [-0.25, -0.2) is 0 Å². The highest BCUT2D eigenvalue weighted by Gasteiger charge is 2.35. The smallest absolute Gasteiger partial charge is 0.264 e. The van der Waals surface area contributed by atoms with Gasteiger partial charge in [-0.05, 0) is 110 Å². The van der Waals surface area contributed by atoms with E-state index in [9.17, 15) is 5.11 Å². The summed E-state index contributed by atoms with van der Waals surface area (Å²) in [6, 6.07) is 31.0. The SMILES string of the molecule is COc1ccc(C(=O)N2Cc3ccccc3C[C@H]2CN2CCOCC2)c(-c2cc(C(=O)N(c3ccc(O)cc3)c3ccc4c(ccn4C)c3)c3n2CCCC3)c1.Cl. The molecule has 1 fully saturated rings. The second kappa shape index (κ2) is 16.1. The Balaban J connectivity index is 0.00000455. The number of carbonyl (C=O) groups is 2. The van der Waals surface area contributed by atoms with Crippen molar-refractivity contribution in [3.63, 3.8) is 0 Å². The Bertz CT molecular complexity index is 2430. The molecule has 6 aromatic rings. The predicted octanol–water partition coefficient (Wildman–Crippen LogP) is 8.00. The number of nitrogens with zero attached hydrogens (tertiary/aromatic N) is 5. The van der Waals surface area contributed by atoms with Crippen LogP contribution in [0.3, 0.4) is 0 Å². The van der Waals surface area contributed by atoms with E-state index in [0.717, 1.165) is 85.4 Å². The highest BCUT2D eigenvalue weighted by atomic mass is 35.5. The first kappa shape index (κ1) is 38.3. The van der Waals surface area contributed by atoms with E-state index >= 15 is 9.59 Å². The Morgan fingerprint density at radius 2 is 1.63 bits per heavy atom. The Morgan fingerprint density at radius 1 is 0.860 bits per heavy atom. The Morgan fingerprint density at radius 3 is 2.42 bits per heavy atom. The number of amides is 2. The summed E-state index contributed by atoms with van der Waals surface area (Å²) in [4.78, 5) is 36.5. The number of hydrogen-bond acceptors (Lipinski definition) is 6. The molecule has 3 aliphatic heterocycles. The fraction of sp³-hybridized carbons (Fsp3) is 0.304. The van der Waals surface area contributed by atoms with E-state index in [1.807, 2.05) is 67.8 Å². The van der Waals surface area contributed by atoms with Gasteiger partial charge >= 0.3 is 0 Å². The van der Waals surface area contributed by atoms with Gasteiger partial charge in [-0.15, -0.1) is 12.4 Å². The van der Waals surface area contributed by atoms with Gasteiger partial charge in [0.1, 0.15) is 11.5 Å². The highest BCUT2D eigenvalue weighted by Crippen LogP contribution is 2.39. The minimum atomic E-state index is -0.170. The third-order valence-electron chi connectivity index (χ3n) is 11.8. The Kier molecular flexibility index (Phi) is 10.8. The maximum Gasteiger partial charge on any atom is 0.264 e. The van der Waals surface area contributed by atoms with Crippen molar-refractivity contribution in [2.75, 3.05) is 44.9 Å². The topological polar surface area (TPSA) is 92.4 Å². The Hall–Kier alpha value is -5.55. The van der Waals surface area contributed by atoms with E-state index in [4.69, 9.17) is 9.47 Å². The molecule has 10 nitrogen and oxygen atoms in total. The van der Waals surface area contributed by atoms with Crippen molar-refractivity contribution in [3.8, 4) is 22.8 Å². The molecule has 11 heteroatoms. The summed E-state index contributed by atoms with van der Waals surface area (Å²) in [7, 11) is 3.65. The minimum Gasteiger partial charge on any atom is -0.508 e. The fourth-order valence-electron chi connectivity index (χ4n) is 8.87. The highest BCUT2D eigenvalue weighted by molar-refractivity contribution is 6.13. The molecule has 0 bridgehead atoms. The summed E-state index contributed by atoms with van der Waals surface area (Å²) in [5.41, 5.74) is 8.63. The largest absolute Gasteiger partial charge is 0.508 e. The number of halogens is 1. The number of aromatic hydroxyl groups is 1. The van der Waals surface area contributed by atoms with Gasteiger partial charge in [0.2, 0.25) is 0 Å². The molecule has 1 atom stereocenters. The summed E-state index contributed by atoms with van der Waals surface area (Å²) in [6.07, 6.45) is 5.45. The van der Waals surface area contributed by atoms with E-state index in [2.05, 4.69) is 37.1 Å². The third kappa shape index (κ3) is 7.29. The van der Waals surface area contributed by atoms with Crippen molar-refractivity contribution >= 4 is 46.5 Å². The average Bonchev–Trinajstić information content (AvgIpc) is 3.81. The number of rotatable bonds is 8. The van der Waals surface area contributed by atoms with Crippen molar-refractivity contribution in [3.05, 3.63) is 131 Å². The zero-order chi connectivity index (χ0) is 38.3. The van der Waals surface area contributed by atoms with E-state index in [0.29, 0.717) is 42.3 Å². The standard InChI is InChI=1S/C46H47N5O5.ClH/c1-47-20-18-32-26-35(12-17-42(32)47)51(34-10-13-37(52)14-11-34)46(54)41-28-44(49-19-6-5-9-43(41)49)40-27-38(55-2)15-16-39(40)45(53)50-29-33-8-4-3-7-31(33)25-36(50)30-48-21-23-56-24-22-48;/h3-4,7-8,10-18,20,26-28,36,52H,5-6,9,19,21-25,29-30H2,1-2H3;1H/t36-;/m0./s1. The van der Waals surface area contributed by atoms with Crippen molar-refractivity contribution in [2.45, 2.75) is 44.8 Å². The molecule has 4 aromatic carbocycles. The second-order valence-electron chi connectivity index (χ2n) is 15.2. The molecule has 0 spiro atoms. The van der Waals surface area contributed by atoms with E-state index in [1.54, 1.807) is 36.3 Å². The van der Waals surface area contributed by atoms with E-state index in [-0.39, 0.29) is 36.0 Å². The molecule has 1 N–H and O–H groups in total. The van der Waals surface area contributed by atoms with Crippen LogP contribution >= 0.6 is 12.4 Å². The number of phenols is 1. The lowest BCUT2D eigenvalue weighted by molar-refractivity contribution is 0.0193. The van der Waals surface area contributed by atoms with Gasteiger partial charge in [-0.2, -0.15) is 0 Å². The average molecular weight is 786 g/mol. The summed E-state index contributed by atoms with van der Waals surface area (Å²) in [5.74, 6) is 0.572. The maximum absolute atomic E-state index is 15.2. The van der Waals surface area contributed by atoms with Crippen LogP contribution in [0.1, 0.15) is 50.4 Å². The van der Waals surface area contributed by atoms with Crippen LogP contribution in [0.2, 0.25) is 0 Å². The normalized spacial score (nSPS) is 16.7. The Labute approximate surface area is 339 Å². The van der Waals surface area contributed by atoms with Crippen LogP contribution in [0.15, 0.2) is 103 Å². The van der Waals surface area contributed by atoms with Crippen LogP contribution in [-0.2, 0) is 37.7 Å². The summed E-state index contributed by atoms with van der Waals surface area (Å²) < 4.78 is 15.7. The van der Waals surface area contributed by atoms with Gasteiger partial charge in [-0.3, -0.25) is 19.4 Å². The van der Waals surface area contributed by atoms with Gasteiger partial charge in [-0.1, -0.05) is 24.3 Å². The van der Waals surface area contributed by atoms with Crippen molar-refractivity contribution in [1.29, 1.82) is 0 Å². The number of anilines is 2. The molecule has 0 saturated carbocycles. The summed E-state index contributed by atoms with van der Waals surface area (Å²) in [6.45, 7) is 5.13. The molecule has 3 aliphatic rings. The molecular formula is C46H48ClN5O5. The molecule has 294 valence electrons. The summed E-state index contributed by atoms with van der Waals surface area (Å²) in [5, 5.41) is 11.2. The predicted molar refractivity (Wildman–Crippen MR) is 225 cm³/mol. The molecule has 0 radical (unpaired) electrons. The number of morpholine rings is 1. The van der Waals surface area contributed by atoms with Crippen molar-refractivity contribution < 1.29 is 24.2 Å². The number of carbonyl (C=O) groups excluding carboxylic acids is 2. The lowest BCUT2D eigenvalue weighted by atomic mass is 9.92. The number of aromatic nitrogens is 2. The zero-order valence-electron chi connectivity index (χ0n) is 32.4. The van der Waals surface area contributed by atoms with Crippen LogP contribution in [0.4, 0.5) is 11.4 Å². The quantitative estimate of drug-likeness (QED) is 0.168. The first-order valence-corrected chi connectivity index (χ1v) is 19.6. The van der Waals surface area contributed by atoms with E-state index < -0.39 is 0 Å². The lowest BCUT2D eigenvalue weighted by Gasteiger charge is -2.40. The van der Waals surface area contributed by atoms with Crippen LogP contribution in [-0.4, -0.2) is 81.9 Å².